The van der Waals surface area contributed by atoms with Crippen molar-refractivity contribution in [2.24, 2.45) is 0 Å². The van der Waals surface area contributed by atoms with Crippen LogP contribution in [0.5, 0.6) is 0 Å². The summed E-state index contributed by atoms with van der Waals surface area (Å²) in [6.07, 6.45) is 10.1. The van der Waals surface area contributed by atoms with Crippen LogP contribution in [0.15, 0.2) is 6.20 Å². The molecule has 0 saturated heterocycles. The first-order chi connectivity index (χ1) is 7.83. The van der Waals surface area contributed by atoms with Crippen LogP contribution in [0.4, 0.5) is 0 Å². The van der Waals surface area contributed by atoms with Gasteiger partial charge in [0, 0.05) is 17.6 Å². The van der Waals surface area contributed by atoms with Crippen LogP contribution in [0.3, 0.4) is 0 Å². The highest BCUT2D eigenvalue weighted by Gasteiger charge is 1.97. The molecule has 1 aromatic rings. The van der Waals surface area contributed by atoms with E-state index in [2.05, 4.69) is 24.1 Å². The van der Waals surface area contributed by atoms with Gasteiger partial charge in [0.1, 0.15) is 5.01 Å². The maximum absolute atomic E-state index is 4.33. The molecule has 0 spiro atoms. The fourth-order valence-corrected chi connectivity index (χ4v) is 2.47. The zero-order valence-electron chi connectivity index (χ0n) is 10.6. The maximum atomic E-state index is 4.33. The third-order valence-electron chi connectivity index (χ3n) is 2.65. The van der Waals surface area contributed by atoms with Crippen molar-refractivity contribution in [1.82, 2.24) is 10.3 Å². The van der Waals surface area contributed by atoms with Crippen molar-refractivity contribution in [2.45, 2.75) is 58.9 Å². The topological polar surface area (TPSA) is 24.9 Å². The Labute approximate surface area is 103 Å². The van der Waals surface area contributed by atoms with E-state index in [4.69, 9.17) is 0 Å². The van der Waals surface area contributed by atoms with Crippen molar-refractivity contribution < 1.29 is 0 Å². The van der Waals surface area contributed by atoms with E-state index in [-0.39, 0.29) is 0 Å². The first-order valence-electron chi connectivity index (χ1n) is 6.45. The molecule has 1 heterocycles. The molecule has 0 amide bonds. The van der Waals surface area contributed by atoms with Crippen molar-refractivity contribution >= 4 is 11.3 Å². The van der Waals surface area contributed by atoms with Gasteiger partial charge in [-0.2, -0.15) is 0 Å². The Bertz CT molecular complexity index is 271. The van der Waals surface area contributed by atoms with Gasteiger partial charge in [0.2, 0.25) is 0 Å². The smallest absolute Gasteiger partial charge is 0.107 e. The lowest BCUT2D eigenvalue weighted by molar-refractivity contribution is 0.571. The Morgan fingerprint density at radius 2 is 1.94 bits per heavy atom. The van der Waals surface area contributed by atoms with Crippen molar-refractivity contribution in [3.63, 3.8) is 0 Å². The number of hydrogen-bond acceptors (Lipinski definition) is 3. The fraction of sp³-hybridized carbons (Fsp3) is 0.769. The van der Waals surface area contributed by atoms with E-state index in [1.807, 2.05) is 6.20 Å². The summed E-state index contributed by atoms with van der Waals surface area (Å²) in [7, 11) is 0. The van der Waals surface area contributed by atoms with E-state index in [9.17, 15) is 0 Å². The van der Waals surface area contributed by atoms with Gasteiger partial charge in [-0.05, 0) is 19.9 Å². The van der Waals surface area contributed by atoms with E-state index in [1.54, 1.807) is 11.3 Å². The molecular formula is C13H24N2S. The molecule has 0 radical (unpaired) electrons. The highest BCUT2D eigenvalue weighted by Crippen LogP contribution is 2.10. The van der Waals surface area contributed by atoms with Gasteiger partial charge in [0.25, 0.3) is 0 Å². The lowest BCUT2D eigenvalue weighted by Crippen LogP contribution is -2.14. The van der Waals surface area contributed by atoms with Crippen LogP contribution in [0.25, 0.3) is 0 Å². The number of unbranched alkanes of at least 4 members (excludes halogenated alkanes) is 5. The molecule has 0 unspecified atom stereocenters. The molecule has 1 rings (SSSR count). The third kappa shape index (κ3) is 6.23. The molecule has 3 heteroatoms. The van der Waals surface area contributed by atoms with Crippen molar-refractivity contribution in [3.05, 3.63) is 16.1 Å². The molecule has 0 aromatic carbocycles. The first-order valence-corrected chi connectivity index (χ1v) is 7.26. The molecule has 0 aliphatic carbocycles. The number of aryl methyl sites for hydroxylation is 1. The summed E-state index contributed by atoms with van der Waals surface area (Å²) in [5, 5.41) is 4.67. The summed E-state index contributed by atoms with van der Waals surface area (Å²) >= 11 is 1.79. The van der Waals surface area contributed by atoms with Crippen LogP contribution in [0.1, 0.15) is 55.3 Å². The highest BCUT2D eigenvalue weighted by molar-refractivity contribution is 7.11. The van der Waals surface area contributed by atoms with Crippen LogP contribution in [-0.2, 0) is 6.54 Å². The molecule has 0 saturated carbocycles. The number of nitrogens with one attached hydrogen (secondary N) is 1. The van der Waals surface area contributed by atoms with E-state index >= 15 is 0 Å². The van der Waals surface area contributed by atoms with Gasteiger partial charge < -0.3 is 5.32 Å². The SMILES string of the molecule is CCCCCCCCNCc1ncc(C)s1. The minimum absolute atomic E-state index is 0.938. The Hall–Kier alpha value is -0.410. The third-order valence-corrected chi connectivity index (χ3v) is 3.57. The van der Waals surface area contributed by atoms with E-state index in [0.717, 1.165) is 13.1 Å². The number of aromatic nitrogens is 1. The Morgan fingerprint density at radius 3 is 2.62 bits per heavy atom. The molecule has 16 heavy (non-hydrogen) atoms. The molecule has 92 valence electrons. The lowest BCUT2D eigenvalue weighted by atomic mass is 10.1. The van der Waals surface area contributed by atoms with E-state index < -0.39 is 0 Å². The summed E-state index contributed by atoms with van der Waals surface area (Å²) in [5.41, 5.74) is 0. The van der Waals surface area contributed by atoms with E-state index in [1.165, 1.54) is 48.4 Å². The van der Waals surface area contributed by atoms with Crippen LogP contribution >= 0.6 is 11.3 Å². The summed E-state index contributed by atoms with van der Waals surface area (Å²) in [6, 6.07) is 0. The van der Waals surface area contributed by atoms with Gasteiger partial charge in [-0.15, -0.1) is 11.3 Å². The first kappa shape index (κ1) is 13.7. The molecule has 2 nitrogen and oxygen atoms in total. The number of hydrogen-bond donors (Lipinski definition) is 1. The normalized spacial score (nSPS) is 10.9. The fourth-order valence-electron chi connectivity index (χ4n) is 1.71. The minimum Gasteiger partial charge on any atom is -0.310 e. The molecule has 0 atom stereocenters. The van der Waals surface area contributed by atoms with Gasteiger partial charge in [0.05, 0.1) is 0 Å². The molecule has 1 aromatic heterocycles. The standard InChI is InChI=1S/C13H24N2S/c1-3-4-5-6-7-8-9-14-11-13-15-10-12(2)16-13/h10,14H,3-9,11H2,1-2H3. The van der Waals surface area contributed by atoms with Crippen molar-refractivity contribution in [3.8, 4) is 0 Å². The molecular weight excluding hydrogens is 216 g/mol. The lowest BCUT2D eigenvalue weighted by Gasteiger charge is -2.02. The van der Waals surface area contributed by atoms with Crippen molar-refractivity contribution in [2.75, 3.05) is 6.54 Å². The molecule has 1 N–H and O–H groups in total. The van der Waals surface area contributed by atoms with Crippen LogP contribution in [-0.4, -0.2) is 11.5 Å². The molecule has 0 aliphatic rings. The average molecular weight is 240 g/mol. The van der Waals surface area contributed by atoms with Gasteiger partial charge in [-0.25, -0.2) is 4.98 Å². The predicted octanol–water partition coefficient (Wildman–Crippen LogP) is 3.90. The zero-order chi connectivity index (χ0) is 11.6. The number of nitrogens with zero attached hydrogens (tertiary/aromatic N) is 1. The second-order valence-electron chi connectivity index (χ2n) is 4.31. The Kier molecular flexibility index (Phi) is 7.43. The molecule has 0 aliphatic heterocycles. The second-order valence-corrected chi connectivity index (χ2v) is 5.63. The predicted molar refractivity (Wildman–Crippen MR) is 71.9 cm³/mol. The number of rotatable bonds is 9. The van der Waals surface area contributed by atoms with Crippen LogP contribution in [0.2, 0.25) is 0 Å². The van der Waals surface area contributed by atoms with Crippen molar-refractivity contribution in [1.29, 1.82) is 0 Å². The quantitative estimate of drug-likeness (QED) is 0.662. The van der Waals surface area contributed by atoms with Gasteiger partial charge in [0.15, 0.2) is 0 Å². The van der Waals surface area contributed by atoms with Gasteiger partial charge in [-0.1, -0.05) is 39.0 Å². The second kappa shape index (κ2) is 8.71. The summed E-state index contributed by atoms with van der Waals surface area (Å²) < 4.78 is 0. The van der Waals surface area contributed by atoms with E-state index in [0.29, 0.717) is 0 Å². The number of thiazole rings is 1. The highest BCUT2D eigenvalue weighted by atomic mass is 32.1. The summed E-state index contributed by atoms with van der Waals surface area (Å²) in [5.74, 6) is 0. The average Bonchev–Trinajstić information content (AvgIpc) is 2.68. The maximum Gasteiger partial charge on any atom is 0.107 e. The minimum atomic E-state index is 0.938. The zero-order valence-corrected chi connectivity index (χ0v) is 11.4. The van der Waals surface area contributed by atoms with Crippen LogP contribution in [0, 0.1) is 6.92 Å². The van der Waals surface area contributed by atoms with Gasteiger partial charge in [-0.3, -0.25) is 0 Å². The largest absolute Gasteiger partial charge is 0.310 e. The Balaban J connectivity index is 1.88. The molecule has 0 fully saturated rings. The monoisotopic (exact) mass is 240 g/mol. The van der Waals surface area contributed by atoms with Crippen LogP contribution < -0.4 is 5.32 Å². The van der Waals surface area contributed by atoms with Gasteiger partial charge >= 0.3 is 0 Å². The molecule has 0 bridgehead atoms. The summed E-state index contributed by atoms with van der Waals surface area (Å²) in [4.78, 5) is 5.63. The summed E-state index contributed by atoms with van der Waals surface area (Å²) in [6.45, 7) is 6.44. The Morgan fingerprint density at radius 1 is 1.19 bits per heavy atom.